The van der Waals surface area contributed by atoms with E-state index >= 15 is 0 Å². The molecule has 0 unspecified atom stereocenters. The van der Waals surface area contributed by atoms with Crippen LogP contribution in [0.5, 0.6) is 0 Å². The van der Waals surface area contributed by atoms with Gasteiger partial charge >= 0.3 is 0 Å². The van der Waals surface area contributed by atoms with Crippen LogP contribution in [0.3, 0.4) is 0 Å². The zero-order valence-corrected chi connectivity index (χ0v) is 5.82. The Morgan fingerprint density at radius 2 is 2.45 bits per heavy atom. The highest BCUT2D eigenvalue weighted by Gasteiger charge is 2.05. The summed E-state index contributed by atoms with van der Waals surface area (Å²) < 4.78 is 4.98. The summed E-state index contributed by atoms with van der Waals surface area (Å²) >= 11 is 0. The molecule has 0 spiro atoms. The Balaban J connectivity index is 2.29. The van der Waals surface area contributed by atoms with E-state index < -0.39 is 0 Å². The summed E-state index contributed by atoms with van der Waals surface area (Å²) in [4.78, 5) is 0. The zero-order valence-electron chi connectivity index (χ0n) is 5.82. The van der Waals surface area contributed by atoms with Crippen LogP contribution >= 0.6 is 0 Å². The number of nitrogens with zero attached hydrogens (tertiary/aromatic N) is 1. The van der Waals surface area contributed by atoms with Gasteiger partial charge in [0.15, 0.2) is 6.61 Å². The first-order chi connectivity index (χ1) is 5.47. The van der Waals surface area contributed by atoms with Gasteiger partial charge in [-0.2, -0.15) is 5.10 Å². The Kier molecular flexibility index (Phi) is 1.48. The van der Waals surface area contributed by atoms with E-state index in [1.54, 1.807) is 19.1 Å². The minimum atomic E-state index is 0.898. The molecule has 2 heterocycles. The number of H-pyrrole nitrogens is 1. The van der Waals surface area contributed by atoms with Crippen molar-refractivity contribution in [1.29, 1.82) is 0 Å². The Bertz CT molecular complexity index is 285. The van der Waals surface area contributed by atoms with Gasteiger partial charge < -0.3 is 4.74 Å². The fourth-order valence-corrected chi connectivity index (χ4v) is 0.907. The second-order valence-electron chi connectivity index (χ2n) is 2.16. The number of nitrogens with one attached hydrogen (secondary N) is 1. The Morgan fingerprint density at radius 3 is 3.09 bits per heavy atom. The minimum absolute atomic E-state index is 0.898. The number of rotatable bonds is 1. The van der Waals surface area contributed by atoms with E-state index in [0.29, 0.717) is 0 Å². The van der Waals surface area contributed by atoms with Gasteiger partial charge in [0.25, 0.3) is 0 Å². The molecule has 3 nitrogen and oxygen atoms in total. The molecule has 3 heteroatoms. The topological polar surface area (TPSA) is 37.9 Å². The molecule has 0 aliphatic carbocycles. The van der Waals surface area contributed by atoms with E-state index in [-0.39, 0.29) is 0 Å². The number of hydrogen-bond acceptors (Lipinski definition) is 2. The summed E-state index contributed by atoms with van der Waals surface area (Å²) in [7, 11) is 0. The van der Waals surface area contributed by atoms with Crippen molar-refractivity contribution in [1.82, 2.24) is 10.2 Å². The maximum atomic E-state index is 4.98. The smallest absolute Gasteiger partial charge is 0.166 e. The molecule has 0 saturated heterocycles. The highest BCUT2D eigenvalue weighted by Crippen LogP contribution is 2.17. The molecule has 1 aliphatic heterocycles. The maximum absolute atomic E-state index is 4.98. The van der Waals surface area contributed by atoms with Gasteiger partial charge in [0, 0.05) is 11.8 Å². The second-order valence-corrected chi connectivity index (χ2v) is 2.16. The van der Waals surface area contributed by atoms with Crippen molar-refractivity contribution >= 4 is 5.57 Å². The van der Waals surface area contributed by atoms with Crippen LogP contribution in [0.25, 0.3) is 5.57 Å². The van der Waals surface area contributed by atoms with Crippen LogP contribution in [-0.4, -0.2) is 10.2 Å². The fraction of sp³-hybridized carbons (Fsp3) is 0. The molecule has 11 heavy (non-hydrogen) atoms. The number of aromatic nitrogens is 2. The molecule has 0 aromatic carbocycles. The van der Waals surface area contributed by atoms with Crippen LogP contribution in [0, 0.1) is 6.61 Å². The molecule has 2 rings (SSSR count). The zero-order chi connectivity index (χ0) is 7.52. The molecule has 1 aromatic heterocycles. The van der Waals surface area contributed by atoms with Gasteiger partial charge in [-0.25, -0.2) is 0 Å². The van der Waals surface area contributed by atoms with Crippen molar-refractivity contribution < 1.29 is 4.74 Å². The highest BCUT2D eigenvalue weighted by molar-refractivity contribution is 5.69. The quantitative estimate of drug-likeness (QED) is 0.653. The van der Waals surface area contributed by atoms with Crippen molar-refractivity contribution in [3.05, 3.63) is 43.0 Å². The third-order valence-electron chi connectivity index (χ3n) is 1.42. The Hall–Kier alpha value is -1.51. The molecule has 0 bridgehead atoms. The van der Waals surface area contributed by atoms with E-state index in [0.717, 1.165) is 11.3 Å². The molecule has 1 radical (unpaired) electrons. The average Bonchev–Trinajstić information content (AvgIpc) is 2.58. The van der Waals surface area contributed by atoms with Gasteiger partial charge in [-0.05, 0) is 18.2 Å². The summed E-state index contributed by atoms with van der Waals surface area (Å²) in [5, 5.41) is 6.74. The number of aromatic amines is 1. The summed E-state index contributed by atoms with van der Waals surface area (Å²) in [6.07, 6.45) is 7.18. The summed E-state index contributed by atoms with van der Waals surface area (Å²) in [5.41, 5.74) is 1.88. The van der Waals surface area contributed by atoms with E-state index in [2.05, 4.69) is 10.2 Å². The molecular formula is C8H7N2O. The SMILES string of the molecule is [CH]1OC=CC=C1c1cc[nH]n1. The van der Waals surface area contributed by atoms with E-state index in [9.17, 15) is 0 Å². The van der Waals surface area contributed by atoms with Gasteiger partial charge in [0.1, 0.15) is 0 Å². The largest absolute Gasteiger partial charge is 0.489 e. The van der Waals surface area contributed by atoms with E-state index in [1.807, 2.05) is 18.2 Å². The molecule has 1 aromatic rings. The molecule has 1 N–H and O–H groups in total. The number of ether oxygens (including phenoxy) is 1. The van der Waals surface area contributed by atoms with Crippen LogP contribution in [0.2, 0.25) is 0 Å². The first-order valence-corrected chi connectivity index (χ1v) is 3.32. The number of hydrogen-bond donors (Lipinski definition) is 1. The van der Waals surface area contributed by atoms with Crippen molar-refractivity contribution in [3.63, 3.8) is 0 Å². The van der Waals surface area contributed by atoms with Gasteiger partial charge in [0.05, 0.1) is 12.0 Å². The van der Waals surface area contributed by atoms with Crippen LogP contribution in [0.15, 0.2) is 30.7 Å². The Morgan fingerprint density at radius 1 is 1.45 bits per heavy atom. The van der Waals surface area contributed by atoms with Crippen molar-refractivity contribution in [2.45, 2.75) is 0 Å². The van der Waals surface area contributed by atoms with Gasteiger partial charge in [-0.1, -0.05) is 0 Å². The van der Waals surface area contributed by atoms with Crippen LogP contribution < -0.4 is 0 Å². The Labute approximate surface area is 64.4 Å². The van der Waals surface area contributed by atoms with Gasteiger partial charge in [-0.15, -0.1) is 0 Å². The van der Waals surface area contributed by atoms with Crippen molar-refractivity contribution in [2.24, 2.45) is 0 Å². The monoisotopic (exact) mass is 147 g/mol. The third kappa shape index (κ3) is 1.17. The molecule has 0 fully saturated rings. The van der Waals surface area contributed by atoms with Crippen LogP contribution in [0.1, 0.15) is 5.69 Å². The first-order valence-electron chi connectivity index (χ1n) is 3.32. The van der Waals surface area contributed by atoms with Crippen molar-refractivity contribution in [2.75, 3.05) is 0 Å². The van der Waals surface area contributed by atoms with E-state index in [4.69, 9.17) is 4.74 Å². The fourth-order valence-electron chi connectivity index (χ4n) is 0.907. The normalized spacial score (nSPS) is 15.8. The predicted molar refractivity (Wildman–Crippen MR) is 41.1 cm³/mol. The summed E-state index contributed by atoms with van der Waals surface area (Å²) in [6, 6.07) is 1.89. The summed E-state index contributed by atoms with van der Waals surface area (Å²) in [6.45, 7) is 1.66. The van der Waals surface area contributed by atoms with Gasteiger partial charge in [-0.3, -0.25) is 5.10 Å². The maximum Gasteiger partial charge on any atom is 0.166 e. The second kappa shape index (κ2) is 2.62. The lowest BCUT2D eigenvalue weighted by atomic mass is 10.2. The number of allylic oxidation sites excluding steroid dienone is 2. The molecular weight excluding hydrogens is 140 g/mol. The standard InChI is InChI=1S/C8H7N2O/c1-2-7(6-11-5-1)8-3-4-9-10-8/h1-6H,(H,9,10). The van der Waals surface area contributed by atoms with Crippen LogP contribution in [-0.2, 0) is 4.74 Å². The molecule has 0 amide bonds. The lowest BCUT2D eigenvalue weighted by molar-refractivity contribution is 0.359. The molecule has 55 valence electrons. The van der Waals surface area contributed by atoms with Gasteiger partial charge in [0.2, 0.25) is 0 Å². The van der Waals surface area contributed by atoms with E-state index in [1.165, 1.54) is 0 Å². The average molecular weight is 147 g/mol. The lowest BCUT2D eigenvalue weighted by Crippen LogP contribution is -1.90. The molecule has 0 atom stereocenters. The van der Waals surface area contributed by atoms with Crippen LogP contribution in [0.4, 0.5) is 0 Å². The molecule has 0 saturated carbocycles. The first kappa shape index (κ1) is 6.22. The lowest BCUT2D eigenvalue weighted by Gasteiger charge is -2.05. The summed E-state index contributed by atoms with van der Waals surface area (Å²) in [5.74, 6) is 0. The highest BCUT2D eigenvalue weighted by atomic mass is 16.5. The van der Waals surface area contributed by atoms with Crippen molar-refractivity contribution in [3.8, 4) is 0 Å². The molecule has 1 aliphatic rings. The predicted octanol–water partition coefficient (Wildman–Crippen LogP) is 1.50. The minimum Gasteiger partial charge on any atom is -0.489 e. The third-order valence-corrected chi connectivity index (χ3v) is 1.42.